The van der Waals surface area contributed by atoms with Gasteiger partial charge in [-0.2, -0.15) is 0 Å². The first-order valence-electron chi connectivity index (χ1n) is 8.94. The summed E-state index contributed by atoms with van der Waals surface area (Å²) in [6.45, 7) is 0.103. The lowest BCUT2D eigenvalue weighted by Gasteiger charge is -2.35. The molecule has 30 heavy (non-hydrogen) atoms. The Hall–Kier alpha value is -2.32. The Morgan fingerprint density at radius 2 is 1.83 bits per heavy atom. The van der Waals surface area contributed by atoms with Crippen molar-refractivity contribution in [3.05, 3.63) is 81.1 Å². The van der Waals surface area contributed by atoms with Crippen molar-refractivity contribution in [1.29, 1.82) is 0 Å². The average molecular weight is 462 g/mol. The monoisotopic (exact) mass is 461 g/mol. The molecular formula is C21H17Cl2N3O3S. The van der Waals surface area contributed by atoms with Crippen molar-refractivity contribution in [2.24, 2.45) is 0 Å². The zero-order valence-electron chi connectivity index (χ0n) is 16.1. The molecule has 3 aromatic rings. The Balaban J connectivity index is 1.90. The molecular weight excluding hydrogens is 445 g/mol. The summed E-state index contributed by atoms with van der Waals surface area (Å²) in [5.74, 6) is 0.234. The summed E-state index contributed by atoms with van der Waals surface area (Å²) in [5, 5.41) is 12.6. The molecule has 1 aromatic heterocycles. The second-order valence-corrected chi connectivity index (χ2v) is 8.15. The van der Waals surface area contributed by atoms with Crippen molar-refractivity contribution in [2.75, 3.05) is 13.4 Å². The maximum atomic E-state index is 13.4. The molecule has 2 heterocycles. The maximum Gasteiger partial charge on any atom is 0.276 e. The summed E-state index contributed by atoms with van der Waals surface area (Å²) in [4.78, 5) is 23.3. The van der Waals surface area contributed by atoms with Gasteiger partial charge < -0.3 is 9.84 Å². The fraction of sp³-hybridized carbons (Fsp3) is 0.190. The molecule has 0 fully saturated rings. The van der Waals surface area contributed by atoms with Crippen molar-refractivity contribution in [3.8, 4) is 5.75 Å². The fourth-order valence-corrected chi connectivity index (χ4v) is 4.49. The smallest absolute Gasteiger partial charge is 0.276 e. The number of rotatable bonds is 5. The van der Waals surface area contributed by atoms with E-state index in [1.165, 1.54) is 16.7 Å². The predicted octanol–water partition coefficient (Wildman–Crippen LogP) is 4.36. The van der Waals surface area contributed by atoms with Crippen LogP contribution in [0.2, 0.25) is 10.2 Å². The topological polar surface area (TPSA) is 75.5 Å². The molecule has 0 bridgehead atoms. The summed E-state index contributed by atoms with van der Waals surface area (Å²) >= 11 is 14.1. The van der Waals surface area contributed by atoms with Gasteiger partial charge in [0.2, 0.25) is 5.72 Å². The van der Waals surface area contributed by atoms with Crippen LogP contribution in [0.4, 0.5) is 0 Å². The highest BCUT2D eigenvalue weighted by Crippen LogP contribution is 2.47. The van der Waals surface area contributed by atoms with Crippen LogP contribution in [0.3, 0.4) is 0 Å². The number of carbonyl (C=O) groups is 1. The molecule has 0 saturated carbocycles. The Bertz CT molecular complexity index is 1130. The molecule has 1 aliphatic heterocycles. The molecule has 0 aliphatic carbocycles. The number of amides is 1. The molecule has 0 spiro atoms. The highest BCUT2D eigenvalue weighted by molar-refractivity contribution is 7.98. The molecule has 1 atom stereocenters. The number of hydrogen-bond acceptors (Lipinski definition) is 6. The number of halogens is 2. The van der Waals surface area contributed by atoms with Gasteiger partial charge in [0.25, 0.3) is 5.91 Å². The molecule has 6 nitrogen and oxygen atoms in total. The van der Waals surface area contributed by atoms with Crippen molar-refractivity contribution in [1.82, 2.24) is 14.9 Å². The lowest BCUT2D eigenvalue weighted by Crippen LogP contribution is -2.44. The summed E-state index contributed by atoms with van der Waals surface area (Å²) in [7, 11) is 1.58. The van der Waals surface area contributed by atoms with Crippen molar-refractivity contribution in [2.45, 2.75) is 17.4 Å². The van der Waals surface area contributed by atoms with Crippen LogP contribution in [0.15, 0.2) is 53.7 Å². The summed E-state index contributed by atoms with van der Waals surface area (Å²) in [5.41, 5.74) is -0.603. The summed E-state index contributed by atoms with van der Waals surface area (Å²) in [6.07, 6.45) is 1.78. The quantitative estimate of drug-likeness (QED) is 0.345. The van der Waals surface area contributed by atoms with Crippen LogP contribution in [-0.2, 0) is 12.3 Å². The first-order chi connectivity index (χ1) is 14.4. The predicted molar refractivity (Wildman–Crippen MR) is 116 cm³/mol. The van der Waals surface area contributed by atoms with Gasteiger partial charge in [-0.05, 0) is 30.0 Å². The standard InChI is InChI=1S/C21H17Cl2N3O3S/c1-29-13-9-7-12(8-10-13)11-26-19(27)17-16(18(23)25-20(24-17)30-2)21(26,28)14-5-3-4-6-15(14)22/h3-10,28H,11H2,1-2H3. The molecule has 1 N–H and O–H groups in total. The third-order valence-corrected chi connectivity index (χ3v) is 6.11. The van der Waals surface area contributed by atoms with Gasteiger partial charge in [0.05, 0.1) is 12.7 Å². The van der Waals surface area contributed by atoms with Gasteiger partial charge in [0, 0.05) is 17.1 Å². The highest BCUT2D eigenvalue weighted by Gasteiger charge is 2.54. The SMILES string of the molecule is COc1ccc(CN2C(=O)c3nc(SC)nc(Cl)c3C2(O)c2ccccc2Cl)cc1. The van der Waals surface area contributed by atoms with Crippen LogP contribution in [0, 0.1) is 0 Å². The molecule has 1 amide bonds. The number of aromatic nitrogens is 2. The third-order valence-electron chi connectivity index (χ3n) is 4.96. The van der Waals surface area contributed by atoms with Crippen LogP contribution in [-0.4, -0.2) is 39.2 Å². The second-order valence-electron chi connectivity index (χ2n) is 6.62. The third kappa shape index (κ3) is 3.32. The Kier molecular flexibility index (Phi) is 5.63. The molecule has 0 radical (unpaired) electrons. The Morgan fingerprint density at radius 1 is 1.13 bits per heavy atom. The number of ether oxygens (including phenoxy) is 1. The number of methoxy groups -OCH3 is 1. The van der Waals surface area contributed by atoms with E-state index in [2.05, 4.69) is 9.97 Å². The van der Waals surface area contributed by atoms with E-state index >= 15 is 0 Å². The van der Waals surface area contributed by atoms with E-state index in [1.807, 2.05) is 12.1 Å². The van der Waals surface area contributed by atoms with E-state index in [1.54, 1.807) is 49.8 Å². The number of thioether (sulfide) groups is 1. The zero-order valence-corrected chi connectivity index (χ0v) is 18.4. The van der Waals surface area contributed by atoms with Crippen molar-refractivity contribution in [3.63, 3.8) is 0 Å². The van der Waals surface area contributed by atoms with Gasteiger partial charge in [-0.3, -0.25) is 9.69 Å². The van der Waals surface area contributed by atoms with Crippen LogP contribution in [0.5, 0.6) is 5.75 Å². The van der Waals surface area contributed by atoms with Gasteiger partial charge in [-0.15, -0.1) is 0 Å². The minimum atomic E-state index is -1.92. The van der Waals surface area contributed by atoms with E-state index in [4.69, 9.17) is 27.9 Å². The van der Waals surface area contributed by atoms with Gasteiger partial charge in [-0.25, -0.2) is 9.97 Å². The summed E-state index contributed by atoms with van der Waals surface area (Å²) in [6, 6.07) is 14.0. The van der Waals surface area contributed by atoms with Gasteiger partial charge >= 0.3 is 0 Å². The van der Waals surface area contributed by atoms with E-state index < -0.39 is 11.6 Å². The van der Waals surface area contributed by atoms with Gasteiger partial charge in [0.1, 0.15) is 16.6 Å². The zero-order chi connectivity index (χ0) is 21.5. The van der Waals surface area contributed by atoms with Crippen LogP contribution in [0.25, 0.3) is 0 Å². The number of fused-ring (bicyclic) bond motifs is 1. The number of hydrogen-bond donors (Lipinski definition) is 1. The maximum absolute atomic E-state index is 13.4. The molecule has 0 saturated heterocycles. The van der Waals surface area contributed by atoms with E-state index in [0.29, 0.717) is 21.5 Å². The lowest BCUT2D eigenvalue weighted by atomic mass is 9.96. The van der Waals surface area contributed by atoms with Crippen molar-refractivity contribution >= 4 is 40.9 Å². The normalized spacial score (nSPS) is 17.9. The summed E-state index contributed by atoms with van der Waals surface area (Å²) < 4.78 is 5.19. The van der Waals surface area contributed by atoms with Crippen LogP contribution >= 0.6 is 35.0 Å². The Labute approximate surface area is 187 Å². The van der Waals surface area contributed by atoms with Crippen molar-refractivity contribution < 1.29 is 14.6 Å². The average Bonchev–Trinajstić information content (AvgIpc) is 2.97. The minimum absolute atomic E-state index is 0.0114. The molecule has 1 aliphatic rings. The first kappa shape index (κ1) is 20.9. The molecule has 2 aromatic carbocycles. The van der Waals surface area contributed by atoms with Gasteiger partial charge in [-0.1, -0.05) is 65.3 Å². The van der Waals surface area contributed by atoms with Crippen LogP contribution < -0.4 is 4.74 Å². The molecule has 9 heteroatoms. The second kappa shape index (κ2) is 8.07. The number of benzene rings is 2. The van der Waals surface area contributed by atoms with Crippen LogP contribution in [0.1, 0.15) is 27.2 Å². The molecule has 4 rings (SSSR count). The number of aliphatic hydroxyl groups is 1. The van der Waals surface area contributed by atoms with E-state index in [0.717, 1.165) is 5.56 Å². The fourth-order valence-electron chi connectivity index (χ4n) is 3.50. The Morgan fingerprint density at radius 3 is 2.47 bits per heavy atom. The largest absolute Gasteiger partial charge is 0.497 e. The van der Waals surface area contributed by atoms with E-state index in [-0.39, 0.29) is 23.0 Å². The van der Waals surface area contributed by atoms with E-state index in [9.17, 15) is 9.90 Å². The number of nitrogens with zero attached hydrogens (tertiary/aromatic N) is 3. The minimum Gasteiger partial charge on any atom is -0.497 e. The first-order valence-corrected chi connectivity index (χ1v) is 10.9. The highest BCUT2D eigenvalue weighted by atomic mass is 35.5. The lowest BCUT2D eigenvalue weighted by molar-refractivity contribution is -0.0543. The number of carbonyl (C=O) groups excluding carboxylic acids is 1. The van der Waals surface area contributed by atoms with Gasteiger partial charge in [0.15, 0.2) is 5.16 Å². The molecule has 1 unspecified atom stereocenters. The molecule has 154 valence electrons.